The summed E-state index contributed by atoms with van der Waals surface area (Å²) in [4.78, 5) is 20.8. The van der Waals surface area contributed by atoms with Gasteiger partial charge < -0.3 is 20.1 Å². The Morgan fingerprint density at radius 1 is 1.10 bits per heavy atom. The van der Waals surface area contributed by atoms with Crippen LogP contribution in [0.2, 0.25) is 5.02 Å². The van der Waals surface area contributed by atoms with Gasteiger partial charge in [-0.2, -0.15) is 13.2 Å². The number of alkyl halides is 3. The zero-order chi connectivity index (χ0) is 30.0. The zero-order valence-corrected chi connectivity index (χ0v) is 24.0. The van der Waals surface area contributed by atoms with E-state index >= 15 is 0 Å². The summed E-state index contributed by atoms with van der Waals surface area (Å²) in [6, 6.07) is 3.95. The highest BCUT2D eigenvalue weighted by Crippen LogP contribution is 2.54. The molecule has 3 aliphatic rings. The van der Waals surface area contributed by atoms with E-state index in [0.717, 1.165) is 6.20 Å². The summed E-state index contributed by atoms with van der Waals surface area (Å²) >= 11 is 6.43. The summed E-state index contributed by atoms with van der Waals surface area (Å²) in [6.07, 6.45) is 0.572. The number of carbonyl (C=O) groups is 1. The van der Waals surface area contributed by atoms with Gasteiger partial charge in [-0.05, 0) is 68.6 Å². The predicted molar refractivity (Wildman–Crippen MR) is 148 cm³/mol. The topological polar surface area (TPSA) is 100 Å². The molecule has 3 fully saturated rings. The van der Waals surface area contributed by atoms with Crippen molar-refractivity contribution < 1.29 is 32.6 Å². The Hall–Kier alpha value is -2.98. The molecule has 42 heavy (non-hydrogen) atoms. The highest BCUT2D eigenvalue weighted by Gasteiger charge is 2.50. The molecule has 222 valence electrons. The van der Waals surface area contributed by atoms with E-state index in [4.69, 9.17) is 11.6 Å². The Balaban J connectivity index is 1.08. The van der Waals surface area contributed by atoms with Crippen LogP contribution in [0.5, 0.6) is 0 Å². The molecule has 0 radical (unpaired) electrons. The van der Waals surface area contributed by atoms with Crippen molar-refractivity contribution in [3.05, 3.63) is 62.8 Å². The molecule has 0 bridgehead atoms. The van der Waals surface area contributed by atoms with Gasteiger partial charge in [-0.1, -0.05) is 23.4 Å². The molecule has 3 aliphatic carbocycles. The molecule has 0 saturated heterocycles. The summed E-state index contributed by atoms with van der Waals surface area (Å²) in [5.74, 6) is 4.76. The SMILES string of the molecule is Cn1cnc(C2CC3CC(O)(C#CC4(O)CC(c5ncc(C(F)(F)F)s5)C4)CC3C2)c1C(=O)Nc1ccc(F)c(Cl)c1. The summed E-state index contributed by atoms with van der Waals surface area (Å²) in [7, 11) is 1.73. The van der Waals surface area contributed by atoms with Crippen LogP contribution in [0.15, 0.2) is 30.7 Å². The summed E-state index contributed by atoms with van der Waals surface area (Å²) in [6.45, 7) is 0. The van der Waals surface area contributed by atoms with E-state index < -0.39 is 28.1 Å². The number of nitrogens with one attached hydrogen (secondary N) is 1. The number of thiazole rings is 1. The van der Waals surface area contributed by atoms with Crippen LogP contribution in [-0.4, -0.2) is 41.9 Å². The molecule has 1 aromatic carbocycles. The first-order valence-electron chi connectivity index (χ1n) is 13.5. The van der Waals surface area contributed by atoms with E-state index in [0.29, 0.717) is 59.1 Å². The molecule has 3 N–H and O–H groups in total. The van der Waals surface area contributed by atoms with Gasteiger partial charge in [-0.3, -0.25) is 4.79 Å². The number of nitrogens with zero attached hydrogens (tertiary/aromatic N) is 3. The predicted octanol–water partition coefficient (Wildman–Crippen LogP) is 5.89. The van der Waals surface area contributed by atoms with Gasteiger partial charge in [0.15, 0.2) is 0 Å². The average Bonchev–Trinajstić information content (AvgIpc) is 3.66. The van der Waals surface area contributed by atoms with Gasteiger partial charge in [-0.15, -0.1) is 11.3 Å². The maximum absolute atomic E-state index is 13.5. The van der Waals surface area contributed by atoms with Gasteiger partial charge in [0, 0.05) is 24.6 Å². The molecule has 0 aliphatic heterocycles. The van der Waals surface area contributed by atoms with Gasteiger partial charge in [0.05, 0.1) is 28.2 Å². The highest BCUT2D eigenvalue weighted by atomic mass is 35.5. The van der Waals surface area contributed by atoms with Crippen LogP contribution >= 0.6 is 22.9 Å². The number of rotatable bonds is 4. The zero-order valence-electron chi connectivity index (χ0n) is 22.4. The maximum atomic E-state index is 13.5. The van der Waals surface area contributed by atoms with Gasteiger partial charge >= 0.3 is 6.18 Å². The fraction of sp³-hybridized carbons (Fsp3) is 0.483. The van der Waals surface area contributed by atoms with Crippen molar-refractivity contribution >= 4 is 34.5 Å². The Bertz CT molecular complexity index is 1590. The molecule has 7 nitrogen and oxygen atoms in total. The van der Waals surface area contributed by atoms with E-state index in [1.54, 1.807) is 17.9 Å². The lowest BCUT2D eigenvalue weighted by Crippen LogP contribution is -2.41. The molecule has 13 heteroatoms. The fourth-order valence-corrected chi connectivity index (χ4v) is 7.71. The number of carbonyl (C=O) groups excluding carboxylic acids is 1. The van der Waals surface area contributed by atoms with Gasteiger partial charge in [0.25, 0.3) is 5.91 Å². The number of anilines is 1. The number of benzene rings is 1. The minimum Gasteiger partial charge on any atom is -0.378 e. The van der Waals surface area contributed by atoms with Crippen LogP contribution in [0.3, 0.4) is 0 Å². The summed E-state index contributed by atoms with van der Waals surface area (Å²) in [5, 5.41) is 25.0. The molecular formula is C29H27ClF4N4O3S. The smallest absolute Gasteiger partial charge is 0.378 e. The lowest BCUT2D eigenvalue weighted by molar-refractivity contribution is -0.134. The number of aliphatic hydroxyl groups is 2. The quantitative estimate of drug-likeness (QED) is 0.249. The Morgan fingerprint density at radius 2 is 1.74 bits per heavy atom. The summed E-state index contributed by atoms with van der Waals surface area (Å²) in [5.41, 5.74) is -1.20. The number of hydrogen-bond acceptors (Lipinski definition) is 6. The van der Waals surface area contributed by atoms with Crippen LogP contribution in [0, 0.1) is 29.5 Å². The third kappa shape index (κ3) is 5.55. The average molecular weight is 623 g/mol. The van der Waals surface area contributed by atoms with Crippen molar-refractivity contribution in [2.24, 2.45) is 18.9 Å². The molecule has 2 aromatic heterocycles. The molecule has 3 aromatic rings. The third-order valence-electron chi connectivity index (χ3n) is 8.63. The summed E-state index contributed by atoms with van der Waals surface area (Å²) < 4.78 is 53.8. The molecule has 2 atom stereocenters. The molecule has 0 spiro atoms. The standard InChI is InChI=1S/C29H27ClF4N4O3S/c1-38-14-36-23(24(38)25(39)37-19-2-3-21(31)20(30)8-19)15-6-16-9-27(40,10-17(16)7-15)4-5-28(41)11-18(12-28)26-35-13-22(42-26)29(32,33)34/h2-3,8,13-18,40-41H,6-7,9-12H2,1H3,(H,37,39). The van der Waals surface area contributed by atoms with Crippen molar-refractivity contribution in [3.8, 4) is 11.8 Å². The van der Waals surface area contributed by atoms with Crippen LogP contribution in [0.4, 0.5) is 23.2 Å². The Morgan fingerprint density at radius 3 is 2.33 bits per heavy atom. The van der Waals surface area contributed by atoms with E-state index in [2.05, 4.69) is 27.1 Å². The Kier molecular flexibility index (Phi) is 7.16. The number of aromatic nitrogens is 3. The van der Waals surface area contributed by atoms with Crippen LogP contribution < -0.4 is 5.32 Å². The van der Waals surface area contributed by atoms with Crippen LogP contribution in [-0.2, 0) is 13.2 Å². The second-order valence-electron chi connectivity index (χ2n) is 11.7. The van der Waals surface area contributed by atoms with E-state index in [-0.39, 0.29) is 47.4 Å². The van der Waals surface area contributed by atoms with Crippen LogP contribution in [0.1, 0.15) is 76.4 Å². The van der Waals surface area contributed by atoms with Crippen LogP contribution in [0.25, 0.3) is 0 Å². The van der Waals surface area contributed by atoms with Gasteiger partial charge in [0.1, 0.15) is 27.6 Å². The monoisotopic (exact) mass is 622 g/mol. The van der Waals surface area contributed by atoms with Gasteiger partial charge in [-0.25, -0.2) is 14.4 Å². The number of aryl methyl sites for hydroxylation is 1. The first-order valence-corrected chi connectivity index (χ1v) is 14.7. The minimum atomic E-state index is -4.44. The molecule has 1 amide bonds. The van der Waals surface area contributed by atoms with E-state index in [1.807, 2.05) is 0 Å². The minimum absolute atomic E-state index is 0.00715. The molecule has 6 rings (SSSR count). The van der Waals surface area contributed by atoms with Gasteiger partial charge in [0.2, 0.25) is 0 Å². The lowest BCUT2D eigenvalue weighted by Gasteiger charge is -2.39. The first kappa shape index (κ1) is 29.1. The maximum Gasteiger partial charge on any atom is 0.427 e. The third-order valence-corrected chi connectivity index (χ3v) is 10.1. The lowest BCUT2D eigenvalue weighted by atomic mass is 9.71. The number of fused-ring (bicyclic) bond motifs is 1. The Labute approximate surface area is 247 Å². The van der Waals surface area contributed by atoms with Crippen molar-refractivity contribution in [1.82, 2.24) is 14.5 Å². The van der Waals surface area contributed by atoms with Crippen molar-refractivity contribution in [2.45, 2.75) is 67.7 Å². The van der Waals surface area contributed by atoms with E-state index in [9.17, 15) is 32.6 Å². The highest BCUT2D eigenvalue weighted by molar-refractivity contribution is 7.11. The molecule has 3 saturated carbocycles. The molecule has 2 unspecified atom stereocenters. The first-order chi connectivity index (χ1) is 19.7. The van der Waals surface area contributed by atoms with Crippen molar-refractivity contribution in [1.29, 1.82) is 0 Å². The molecular weight excluding hydrogens is 596 g/mol. The number of amides is 1. The second-order valence-corrected chi connectivity index (χ2v) is 13.2. The fourth-order valence-electron chi connectivity index (χ4n) is 6.65. The normalized spacial score (nSPS) is 30.4. The molecule has 2 heterocycles. The number of imidazole rings is 1. The van der Waals surface area contributed by atoms with Crippen molar-refractivity contribution in [3.63, 3.8) is 0 Å². The number of halogens is 5. The largest absolute Gasteiger partial charge is 0.427 e. The van der Waals surface area contributed by atoms with Crippen molar-refractivity contribution in [2.75, 3.05) is 5.32 Å². The number of hydrogen-bond donors (Lipinski definition) is 3. The second kappa shape index (κ2) is 10.3. The van der Waals surface area contributed by atoms with E-state index in [1.165, 1.54) is 18.2 Å².